The Bertz CT molecular complexity index is 1200. The van der Waals surface area contributed by atoms with Crippen molar-refractivity contribution in [3.63, 3.8) is 0 Å². The molecule has 0 saturated heterocycles. The molecule has 0 radical (unpaired) electrons. The van der Waals surface area contributed by atoms with Crippen LogP contribution in [0.3, 0.4) is 0 Å². The number of nitrogens with zero attached hydrogens (tertiary/aromatic N) is 4. The normalized spacial score (nSPS) is 14.6. The lowest BCUT2D eigenvalue weighted by molar-refractivity contribution is 0.243. The third-order valence-corrected chi connectivity index (χ3v) is 6.09. The first-order valence-electron chi connectivity index (χ1n) is 11.1. The van der Waals surface area contributed by atoms with Crippen molar-refractivity contribution in [2.45, 2.75) is 18.8 Å². The van der Waals surface area contributed by atoms with E-state index in [1.807, 2.05) is 7.05 Å². The molecular weight excluding hydrogens is 455 g/mol. The molecule has 0 fully saturated rings. The Balaban J connectivity index is 1.31. The van der Waals surface area contributed by atoms with Crippen LogP contribution < -0.4 is 15.8 Å². The number of fused-ring (bicyclic) bond motifs is 1. The number of hydrogen-bond acceptors (Lipinski definition) is 6. The second-order valence-corrected chi connectivity index (χ2v) is 8.60. The second kappa shape index (κ2) is 10.7. The van der Waals surface area contributed by atoms with Gasteiger partial charge in [-0.1, -0.05) is 18.2 Å². The van der Waals surface area contributed by atoms with Crippen LogP contribution in [-0.4, -0.2) is 48.2 Å². The van der Waals surface area contributed by atoms with Crippen molar-refractivity contribution >= 4 is 28.8 Å². The molecule has 0 amide bonds. The highest BCUT2D eigenvalue weighted by molar-refractivity contribution is 6.28. The molecular formula is C25H26ClFN6O. The molecule has 1 aliphatic carbocycles. The molecule has 2 aromatic carbocycles. The van der Waals surface area contributed by atoms with E-state index in [1.54, 1.807) is 30.3 Å². The van der Waals surface area contributed by atoms with Crippen LogP contribution in [0.15, 0.2) is 42.5 Å². The van der Waals surface area contributed by atoms with E-state index in [2.05, 4.69) is 25.0 Å². The molecule has 0 aliphatic heterocycles. The number of aromatic nitrogens is 2. The minimum atomic E-state index is -0.251. The third kappa shape index (κ3) is 5.56. The predicted octanol–water partition coefficient (Wildman–Crippen LogP) is 4.90. The average molecular weight is 481 g/mol. The highest BCUT2D eigenvalue weighted by Crippen LogP contribution is 2.40. The topological polar surface area (TPSA) is 80.7 Å². The van der Waals surface area contributed by atoms with Gasteiger partial charge in [-0.25, -0.2) is 19.2 Å². The number of rotatable bonds is 9. The smallest absolute Gasteiger partial charge is 0.228 e. The van der Waals surface area contributed by atoms with Gasteiger partial charge in [0.2, 0.25) is 11.0 Å². The first-order valence-corrected chi connectivity index (χ1v) is 11.5. The number of anilines is 2. The Labute approximate surface area is 203 Å². The summed E-state index contributed by atoms with van der Waals surface area (Å²) in [6.07, 6.45) is 1.72. The quantitative estimate of drug-likeness (QED) is 0.257. The maximum Gasteiger partial charge on any atom is 0.228 e. The molecule has 34 heavy (non-hydrogen) atoms. The number of ether oxygens (including phenoxy) is 1. The fourth-order valence-corrected chi connectivity index (χ4v) is 4.30. The Kier molecular flexibility index (Phi) is 7.46. The zero-order valence-corrected chi connectivity index (χ0v) is 19.6. The van der Waals surface area contributed by atoms with Crippen LogP contribution in [0.4, 0.5) is 21.6 Å². The number of benzene rings is 2. The van der Waals surface area contributed by atoms with E-state index >= 15 is 0 Å². The molecule has 0 saturated carbocycles. The van der Waals surface area contributed by atoms with Crippen molar-refractivity contribution in [3.05, 3.63) is 81.8 Å². The molecule has 176 valence electrons. The van der Waals surface area contributed by atoms with E-state index in [1.165, 1.54) is 12.1 Å². The summed E-state index contributed by atoms with van der Waals surface area (Å²) in [6.45, 7) is 9.79. The molecule has 1 heterocycles. The number of nitrogens with two attached hydrogens (primary N) is 1. The number of nitrogens with one attached hydrogen (secondary N) is 1. The van der Waals surface area contributed by atoms with Crippen LogP contribution in [0.1, 0.15) is 29.2 Å². The van der Waals surface area contributed by atoms with Crippen LogP contribution in [0, 0.1) is 12.4 Å². The van der Waals surface area contributed by atoms with E-state index in [-0.39, 0.29) is 17.0 Å². The van der Waals surface area contributed by atoms with E-state index in [0.29, 0.717) is 36.8 Å². The minimum Gasteiger partial charge on any atom is -0.503 e. The molecule has 4 rings (SSSR count). The molecule has 1 atom stereocenters. The van der Waals surface area contributed by atoms with Gasteiger partial charge in [0.15, 0.2) is 0 Å². The van der Waals surface area contributed by atoms with Gasteiger partial charge in [-0.15, -0.1) is 0 Å². The lowest BCUT2D eigenvalue weighted by atomic mass is 9.97. The fraction of sp³-hybridized carbons (Fsp3) is 0.320. The van der Waals surface area contributed by atoms with E-state index in [9.17, 15) is 4.39 Å². The van der Waals surface area contributed by atoms with Gasteiger partial charge in [0.1, 0.15) is 17.4 Å². The second-order valence-electron chi connectivity index (χ2n) is 8.27. The average Bonchev–Trinajstić information content (AvgIpc) is 3.23. The maximum absolute atomic E-state index is 13.3. The molecule has 3 aromatic rings. The number of halogens is 2. The Hall–Kier alpha value is -3.41. The van der Waals surface area contributed by atoms with Gasteiger partial charge < -0.3 is 20.7 Å². The molecule has 9 heteroatoms. The molecule has 0 spiro atoms. The molecule has 3 N–H and O–H groups in total. The van der Waals surface area contributed by atoms with Crippen LogP contribution in [-0.2, 0) is 6.42 Å². The van der Waals surface area contributed by atoms with E-state index in [0.717, 1.165) is 42.0 Å². The van der Waals surface area contributed by atoms with Crippen LogP contribution >= 0.6 is 11.6 Å². The summed E-state index contributed by atoms with van der Waals surface area (Å²) in [4.78, 5) is 14.5. The third-order valence-electron chi connectivity index (χ3n) is 5.92. The fourth-order valence-electron chi connectivity index (χ4n) is 4.13. The van der Waals surface area contributed by atoms with Gasteiger partial charge in [0.05, 0.1) is 18.9 Å². The first kappa shape index (κ1) is 23.7. The maximum atomic E-state index is 13.3. The minimum absolute atomic E-state index is 0.0869. The molecule has 1 aromatic heterocycles. The Morgan fingerprint density at radius 1 is 1.24 bits per heavy atom. The zero-order valence-electron chi connectivity index (χ0n) is 18.9. The lowest BCUT2D eigenvalue weighted by Gasteiger charge is -2.19. The molecule has 1 unspecified atom stereocenters. The summed E-state index contributed by atoms with van der Waals surface area (Å²) in [5.41, 5.74) is 9.82. The van der Waals surface area contributed by atoms with Crippen LogP contribution in [0.2, 0.25) is 5.28 Å². The monoisotopic (exact) mass is 480 g/mol. The van der Waals surface area contributed by atoms with Crippen molar-refractivity contribution < 1.29 is 9.13 Å². The highest BCUT2D eigenvalue weighted by Gasteiger charge is 2.29. The highest BCUT2D eigenvalue weighted by atomic mass is 35.5. The Morgan fingerprint density at radius 3 is 2.79 bits per heavy atom. The molecule has 7 nitrogen and oxygen atoms in total. The van der Waals surface area contributed by atoms with Crippen LogP contribution in [0.5, 0.6) is 5.75 Å². The SMILES string of the molecule is [C-]#[N+]c1ccc(N)cc1OCCN(C)CCNc1nc(Cl)nc2c1CCC2c1ccc(F)cc1. The molecule has 0 bridgehead atoms. The van der Waals surface area contributed by atoms with Gasteiger partial charge in [-0.3, -0.25) is 0 Å². The summed E-state index contributed by atoms with van der Waals surface area (Å²) in [6, 6.07) is 11.6. The van der Waals surface area contributed by atoms with Gasteiger partial charge >= 0.3 is 0 Å². The van der Waals surface area contributed by atoms with Crippen molar-refractivity contribution in [1.82, 2.24) is 14.9 Å². The predicted molar refractivity (Wildman–Crippen MR) is 132 cm³/mol. The summed E-state index contributed by atoms with van der Waals surface area (Å²) < 4.78 is 19.1. The van der Waals surface area contributed by atoms with Gasteiger partial charge in [0, 0.05) is 36.8 Å². The van der Waals surface area contributed by atoms with Crippen molar-refractivity contribution in [3.8, 4) is 5.75 Å². The number of likely N-dealkylation sites (N-methyl/N-ethyl adjacent to an activating group) is 1. The van der Waals surface area contributed by atoms with Crippen LogP contribution in [0.25, 0.3) is 4.85 Å². The lowest BCUT2D eigenvalue weighted by Crippen LogP contribution is -2.29. The van der Waals surface area contributed by atoms with E-state index < -0.39 is 0 Å². The largest absolute Gasteiger partial charge is 0.503 e. The standard InChI is InChI=1S/C25H26ClFN6O/c1-29-21-10-7-18(28)15-22(21)34-14-13-33(2)12-11-30-24-20-9-8-19(23(20)31-25(26)32-24)16-3-5-17(27)6-4-16/h3-7,10,15,19H,8-9,11-14,28H2,2H3,(H,30,31,32). The van der Waals surface area contributed by atoms with E-state index in [4.69, 9.17) is 28.6 Å². The summed E-state index contributed by atoms with van der Waals surface area (Å²) in [7, 11) is 2.00. The number of nitrogen functional groups attached to an aromatic ring is 1. The van der Waals surface area contributed by atoms with Crippen molar-refractivity contribution in [1.29, 1.82) is 0 Å². The van der Waals surface area contributed by atoms with Gasteiger partial charge in [-0.2, -0.15) is 0 Å². The summed E-state index contributed by atoms with van der Waals surface area (Å²) >= 11 is 6.23. The number of hydrogen-bond donors (Lipinski definition) is 2. The molecule has 1 aliphatic rings. The zero-order chi connectivity index (χ0) is 24.1. The summed E-state index contributed by atoms with van der Waals surface area (Å²) in [5, 5.41) is 3.60. The summed E-state index contributed by atoms with van der Waals surface area (Å²) in [5.74, 6) is 1.09. The Morgan fingerprint density at radius 2 is 2.03 bits per heavy atom. The van der Waals surface area contributed by atoms with Gasteiger partial charge in [0.25, 0.3) is 0 Å². The van der Waals surface area contributed by atoms with Crippen molar-refractivity contribution in [2.24, 2.45) is 0 Å². The van der Waals surface area contributed by atoms with Crippen molar-refractivity contribution in [2.75, 3.05) is 44.3 Å². The van der Waals surface area contributed by atoms with Gasteiger partial charge in [-0.05, 0) is 61.3 Å². The first-order chi connectivity index (χ1) is 16.4.